The molecule has 5 nitrogen and oxygen atoms in total. The molecule has 20 heavy (non-hydrogen) atoms. The van der Waals surface area contributed by atoms with Gasteiger partial charge in [0.1, 0.15) is 12.4 Å². The molecule has 0 bridgehead atoms. The van der Waals surface area contributed by atoms with Crippen LogP contribution in [0.4, 0.5) is 5.82 Å². The molecule has 1 N–H and O–H groups in total. The highest BCUT2D eigenvalue weighted by molar-refractivity contribution is 5.35. The maximum Gasteiger partial charge on any atom is 0.156 e. The summed E-state index contributed by atoms with van der Waals surface area (Å²) >= 11 is 0. The summed E-state index contributed by atoms with van der Waals surface area (Å²) in [6, 6.07) is 1.96. The molecule has 1 aliphatic heterocycles. The van der Waals surface area contributed by atoms with Crippen molar-refractivity contribution >= 4 is 5.82 Å². The second-order valence-electron chi connectivity index (χ2n) is 5.24. The van der Waals surface area contributed by atoms with Gasteiger partial charge in [0, 0.05) is 24.9 Å². The molecule has 0 aliphatic carbocycles. The van der Waals surface area contributed by atoms with Gasteiger partial charge in [0.15, 0.2) is 5.82 Å². The fraction of sp³-hybridized carbons (Fsp3) is 0.733. The van der Waals surface area contributed by atoms with Crippen LogP contribution in [0.1, 0.15) is 44.1 Å². The van der Waals surface area contributed by atoms with Crippen molar-refractivity contribution in [2.24, 2.45) is 0 Å². The molecule has 2 rings (SSSR count). The van der Waals surface area contributed by atoms with E-state index in [2.05, 4.69) is 22.2 Å². The van der Waals surface area contributed by atoms with Crippen LogP contribution in [0.2, 0.25) is 0 Å². The number of aromatic nitrogens is 2. The molecule has 1 fully saturated rings. The minimum Gasteiger partial charge on any atom is -0.376 e. The lowest BCUT2D eigenvalue weighted by Crippen LogP contribution is -2.24. The standard InChI is InChI=1S/C15H25N3O2/c1-3-7-16-14-9-12(2)17-15(18-14)11-19-10-13-6-4-5-8-20-13/h9,13H,3-8,10-11H2,1-2H3,(H,16,17,18). The number of nitrogens with zero attached hydrogens (tertiary/aromatic N) is 2. The number of hydrogen-bond donors (Lipinski definition) is 1. The molecule has 1 unspecified atom stereocenters. The molecule has 1 atom stereocenters. The van der Waals surface area contributed by atoms with Crippen molar-refractivity contribution in [3.8, 4) is 0 Å². The summed E-state index contributed by atoms with van der Waals surface area (Å²) in [5.74, 6) is 1.62. The Bertz CT molecular complexity index is 406. The van der Waals surface area contributed by atoms with E-state index in [4.69, 9.17) is 9.47 Å². The lowest BCUT2D eigenvalue weighted by molar-refractivity contribution is -0.0458. The first-order valence-corrected chi connectivity index (χ1v) is 7.55. The summed E-state index contributed by atoms with van der Waals surface area (Å²) in [5, 5.41) is 3.28. The molecular formula is C15H25N3O2. The third-order valence-corrected chi connectivity index (χ3v) is 3.27. The zero-order valence-electron chi connectivity index (χ0n) is 12.5. The van der Waals surface area contributed by atoms with Crippen LogP contribution in [0.3, 0.4) is 0 Å². The molecule has 1 saturated heterocycles. The molecule has 0 saturated carbocycles. The topological polar surface area (TPSA) is 56.3 Å². The summed E-state index contributed by atoms with van der Waals surface area (Å²) in [4.78, 5) is 8.87. The Morgan fingerprint density at radius 2 is 2.30 bits per heavy atom. The third kappa shape index (κ3) is 5.06. The zero-order valence-corrected chi connectivity index (χ0v) is 12.5. The molecule has 112 valence electrons. The van der Waals surface area contributed by atoms with E-state index in [0.29, 0.717) is 13.2 Å². The van der Waals surface area contributed by atoms with Crippen LogP contribution >= 0.6 is 0 Å². The Morgan fingerprint density at radius 3 is 3.05 bits per heavy atom. The highest BCUT2D eigenvalue weighted by Gasteiger charge is 2.14. The Labute approximate surface area is 121 Å². The smallest absolute Gasteiger partial charge is 0.156 e. The Kier molecular flexibility index (Phi) is 6.21. The van der Waals surface area contributed by atoms with E-state index >= 15 is 0 Å². The normalized spacial score (nSPS) is 19.0. The van der Waals surface area contributed by atoms with Crippen molar-refractivity contribution in [3.05, 3.63) is 17.6 Å². The van der Waals surface area contributed by atoms with Crippen molar-refractivity contribution in [3.63, 3.8) is 0 Å². The van der Waals surface area contributed by atoms with Crippen LogP contribution in [0, 0.1) is 6.92 Å². The third-order valence-electron chi connectivity index (χ3n) is 3.27. The summed E-state index contributed by atoms with van der Waals surface area (Å²) < 4.78 is 11.3. The molecule has 0 amide bonds. The quantitative estimate of drug-likeness (QED) is 0.831. The van der Waals surface area contributed by atoms with E-state index in [0.717, 1.165) is 43.3 Å². The predicted molar refractivity (Wildman–Crippen MR) is 78.8 cm³/mol. The van der Waals surface area contributed by atoms with E-state index in [1.807, 2.05) is 13.0 Å². The van der Waals surface area contributed by atoms with E-state index in [1.54, 1.807) is 0 Å². The first-order chi connectivity index (χ1) is 9.78. The van der Waals surface area contributed by atoms with E-state index in [1.165, 1.54) is 12.8 Å². The average Bonchev–Trinajstić information content (AvgIpc) is 2.46. The predicted octanol–water partition coefficient (Wildman–Crippen LogP) is 2.69. The molecule has 0 aromatic carbocycles. The molecule has 5 heteroatoms. The number of ether oxygens (including phenoxy) is 2. The van der Waals surface area contributed by atoms with Gasteiger partial charge in [-0.25, -0.2) is 9.97 Å². The molecule has 1 aliphatic rings. The average molecular weight is 279 g/mol. The molecule has 0 spiro atoms. The summed E-state index contributed by atoms with van der Waals surface area (Å²) in [5.41, 5.74) is 0.964. The maximum atomic E-state index is 5.70. The summed E-state index contributed by atoms with van der Waals surface area (Å²) in [6.45, 7) is 6.98. The summed E-state index contributed by atoms with van der Waals surface area (Å²) in [7, 11) is 0. The van der Waals surface area contributed by atoms with Gasteiger partial charge in [-0.15, -0.1) is 0 Å². The van der Waals surface area contributed by atoms with Gasteiger partial charge in [-0.05, 0) is 32.6 Å². The maximum absolute atomic E-state index is 5.70. The van der Waals surface area contributed by atoms with E-state index in [-0.39, 0.29) is 6.10 Å². The number of hydrogen-bond acceptors (Lipinski definition) is 5. The van der Waals surface area contributed by atoms with Crippen LogP contribution in [-0.4, -0.2) is 35.8 Å². The lowest BCUT2D eigenvalue weighted by atomic mass is 10.1. The van der Waals surface area contributed by atoms with Gasteiger partial charge in [0.05, 0.1) is 12.7 Å². The second-order valence-corrected chi connectivity index (χ2v) is 5.24. The van der Waals surface area contributed by atoms with Crippen LogP contribution in [-0.2, 0) is 16.1 Å². The van der Waals surface area contributed by atoms with Crippen LogP contribution in [0.25, 0.3) is 0 Å². The fourth-order valence-corrected chi connectivity index (χ4v) is 2.26. The number of aryl methyl sites for hydroxylation is 1. The van der Waals surface area contributed by atoms with Crippen molar-refractivity contribution < 1.29 is 9.47 Å². The molecule has 2 heterocycles. The Balaban J connectivity index is 1.80. The summed E-state index contributed by atoms with van der Waals surface area (Å²) in [6.07, 6.45) is 4.82. The van der Waals surface area contributed by atoms with Gasteiger partial charge in [0.2, 0.25) is 0 Å². The highest BCUT2D eigenvalue weighted by Crippen LogP contribution is 2.13. The molecule has 1 aromatic rings. The van der Waals surface area contributed by atoms with Crippen LogP contribution in [0.15, 0.2) is 6.07 Å². The van der Waals surface area contributed by atoms with Gasteiger partial charge in [0.25, 0.3) is 0 Å². The minimum atomic E-state index is 0.242. The van der Waals surface area contributed by atoms with Gasteiger partial charge in [-0.3, -0.25) is 0 Å². The zero-order chi connectivity index (χ0) is 14.2. The number of rotatable bonds is 7. The van der Waals surface area contributed by atoms with Crippen LogP contribution < -0.4 is 5.32 Å². The highest BCUT2D eigenvalue weighted by atomic mass is 16.5. The van der Waals surface area contributed by atoms with Gasteiger partial charge >= 0.3 is 0 Å². The van der Waals surface area contributed by atoms with E-state index in [9.17, 15) is 0 Å². The second kappa shape index (κ2) is 8.17. The molecular weight excluding hydrogens is 254 g/mol. The monoisotopic (exact) mass is 279 g/mol. The van der Waals surface area contributed by atoms with Crippen LogP contribution in [0.5, 0.6) is 0 Å². The van der Waals surface area contributed by atoms with E-state index < -0.39 is 0 Å². The number of nitrogens with one attached hydrogen (secondary N) is 1. The molecule has 0 radical (unpaired) electrons. The van der Waals surface area contributed by atoms with Crippen molar-refractivity contribution in [1.29, 1.82) is 0 Å². The van der Waals surface area contributed by atoms with Crippen molar-refractivity contribution in [1.82, 2.24) is 9.97 Å². The fourth-order valence-electron chi connectivity index (χ4n) is 2.26. The Morgan fingerprint density at radius 1 is 1.40 bits per heavy atom. The first-order valence-electron chi connectivity index (χ1n) is 7.55. The van der Waals surface area contributed by atoms with Crippen molar-refractivity contribution in [2.45, 2.75) is 52.2 Å². The van der Waals surface area contributed by atoms with Gasteiger partial charge in [-0.1, -0.05) is 6.92 Å². The van der Waals surface area contributed by atoms with Gasteiger partial charge in [-0.2, -0.15) is 0 Å². The lowest BCUT2D eigenvalue weighted by Gasteiger charge is -2.22. The number of anilines is 1. The first kappa shape index (κ1) is 15.2. The SMILES string of the molecule is CCCNc1cc(C)nc(COCC2CCCCO2)n1. The Hall–Kier alpha value is -1.20. The minimum absolute atomic E-state index is 0.242. The largest absolute Gasteiger partial charge is 0.376 e. The molecule has 1 aromatic heterocycles. The van der Waals surface area contributed by atoms with Gasteiger partial charge < -0.3 is 14.8 Å². The van der Waals surface area contributed by atoms with Crippen molar-refractivity contribution in [2.75, 3.05) is 25.1 Å².